The average Bonchev–Trinajstić information content (AvgIpc) is 2.41. The van der Waals surface area contributed by atoms with Crippen molar-refractivity contribution < 1.29 is 0 Å². The van der Waals surface area contributed by atoms with Crippen LogP contribution in [0.2, 0.25) is 10.0 Å². The van der Waals surface area contributed by atoms with Crippen molar-refractivity contribution in [2.75, 3.05) is 0 Å². The summed E-state index contributed by atoms with van der Waals surface area (Å²) in [5, 5.41) is 1.24. The second kappa shape index (κ2) is 6.42. The highest BCUT2D eigenvalue weighted by Crippen LogP contribution is 2.29. The molecule has 0 aliphatic carbocycles. The minimum atomic E-state index is 0.202. The Morgan fingerprint density at radius 2 is 1.52 bits per heavy atom. The van der Waals surface area contributed by atoms with Crippen molar-refractivity contribution >= 4 is 23.2 Å². The summed E-state index contributed by atoms with van der Waals surface area (Å²) in [4.78, 5) is 0. The van der Waals surface area contributed by atoms with Gasteiger partial charge in [0.15, 0.2) is 0 Å². The molecule has 0 N–H and O–H groups in total. The van der Waals surface area contributed by atoms with Crippen molar-refractivity contribution in [3.05, 3.63) is 69.2 Å². The number of benzene rings is 2. The third-order valence-electron chi connectivity index (χ3n) is 3.87. The van der Waals surface area contributed by atoms with Crippen LogP contribution in [-0.4, -0.2) is 0 Å². The zero-order valence-corrected chi connectivity index (χ0v) is 14.6. The van der Waals surface area contributed by atoms with Gasteiger partial charge in [-0.1, -0.05) is 81.2 Å². The van der Waals surface area contributed by atoms with Gasteiger partial charge in [-0.15, -0.1) is 0 Å². The van der Waals surface area contributed by atoms with Gasteiger partial charge in [0.05, 0.1) is 10.0 Å². The quantitative estimate of drug-likeness (QED) is 0.594. The molecule has 2 aromatic carbocycles. The van der Waals surface area contributed by atoms with Crippen LogP contribution < -0.4 is 0 Å². The van der Waals surface area contributed by atoms with Crippen LogP contribution in [0, 0.1) is 0 Å². The molecule has 0 bridgehead atoms. The first-order valence-corrected chi connectivity index (χ1v) is 8.07. The van der Waals surface area contributed by atoms with Gasteiger partial charge in [0.1, 0.15) is 0 Å². The Morgan fingerprint density at radius 1 is 0.905 bits per heavy atom. The Bertz CT molecular complexity index is 606. The SMILES string of the molecule is CC(Cc1ccc(C(C)(C)C)cc1)c1ccc(Cl)c(Cl)c1. The summed E-state index contributed by atoms with van der Waals surface area (Å²) in [6.45, 7) is 8.93. The molecular formula is C19H22Cl2. The van der Waals surface area contributed by atoms with Crippen LogP contribution in [0.15, 0.2) is 42.5 Å². The van der Waals surface area contributed by atoms with Crippen LogP contribution in [0.25, 0.3) is 0 Å². The van der Waals surface area contributed by atoms with Gasteiger partial charge >= 0.3 is 0 Å². The Morgan fingerprint density at radius 3 is 2.05 bits per heavy atom. The van der Waals surface area contributed by atoms with Crippen LogP contribution in [0.3, 0.4) is 0 Å². The molecule has 0 saturated carbocycles. The van der Waals surface area contributed by atoms with E-state index in [0.29, 0.717) is 16.0 Å². The molecule has 0 heterocycles. The highest BCUT2D eigenvalue weighted by atomic mass is 35.5. The number of hydrogen-bond acceptors (Lipinski definition) is 0. The molecule has 21 heavy (non-hydrogen) atoms. The fourth-order valence-electron chi connectivity index (χ4n) is 2.43. The maximum atomic E-state index is 6.10. The molecule has 112 valence electrons. The third kappa shape index (κ3) is 4.25. The van der Waals surface area contributed by atoms with Gasteiger partial charge < -0.3 is 0 Å². The first-order valence-electron chi connectivity index (χ1n) is 7.32. The van der Waals surface area contributed by atoms with E-state index in [-0.39, 0.29) is 5.41 Å². The lowest BCUT2D eigenvalue weighted by Gasteiger charge is -2.20. The summed E-state index contributed by atoms with van der Waals surface area (Å²) in [5.74, 6) is 0.417. The number of hydrogen-bond donors (Lipinski definition) is 0. The fourth-order valence-corrected chi connectivity index (χ4v) is 2.74. The molecule has 0 radical (unpaired) electrons. The van der Waals surface area contributed by atoms with Crippen LogP contribution in [0.5, 0.6) is 0 Å². The lowest BCUT2D eigenvalue weighted by Crippen LogP contribution is -2.10. The largest absolute Gasteiger partial charge is 0.0827 e. The van der Waals surface area contributed by atoms with Gasteiger partial charge in [-0.05, 0) is 46.6 Å². The highest BCUT2D eigenvalue weighted by Gasteiger charge is 2.14. The Hall–Kier alpha value is -0.980. The van der Waals surface area contributed by atoms with E-state index in [1.165, 1.54) is 16.7 Å². The average molecular weight is 321 g/mol. The van der Waals surface area contributed by atoms with E-state index in [1.54, 1.807) is 0 Å². The van der Waals surface area contributed by atoms with E-state index in [2.05, 4.69) is 58.0 Å². The molecule has 1 atom stereocenters. The normalized spacial score (nSPS) is 13.2. The summed E-state index contributed by atoms with van der Waals surface area (Å²) in [6.07, 6.45) is 1.00. The van der Waals surface area contributed by atoms with Crippen molar-refractivity contribution in [1.82, 2.24) is 0 Å². The molecule has 0 aliphatic rings. The lowest BCUT2D eigenvalue weighted by atomic mass is 9.85. The molecule has 2 heteroatoms. The van der Waals surface area contributed by atoms with Gasteiger partial charge in [-0.3, -0.25) is 0 Å². The van der Waals surface area contributed by atoms with Crippen molar-refractivity contribution in [3.8, 4) is 0 Å². The summed E-state index contributed by atoms with van der Waals surface area (Å²) in [5.41, 5.74) is 4.15. The highest BCUT2D eigenvalue weighted by molar-refractivity contribution is 6.42. The predicted octanol–water partition coefficient (Wildman–Crippen LogP) is 6.64. The van der Waals surface area contributed by atoms with Crippen molar-refractivity contribution in [3.63, 3.8) is 0 Å². The molecule has 0 fully saturated rings. The molecule has 0 saturated heterocycles. The first kappa shape index (κ1) is 16.4. The molecular weight excluding hydrogens is 299 g/mol. The predicted molar refractivity (Wildman–Crippen MR) is 93.7 cm³/mol. The molecule has 0 nitrogen and oxygen atoms in total. The van der Waals surface area contributed by atoms with Gasteiger partial charge in [0, 0.05) is 0 Å². The van der Waals surface area contributed by atoms with Crippen molar-refractivity contribution in [2.45, 2.75) is 45.4 Å². The van der Waals surface area contributed by atoms with Gasteiger partial charge in [0.2, 0.25) is 0 Å². The number of halogens is 2. The monoisotopic (exact) mass is 320 g/mol. The Kier molecular flexibility index (Phi) is 5.01. The summed E-state index contributed by atoms with van der Waals surface area (Å²) in [6, 6.07) is 14.8. The van der Waals surface area contributed by atoms with Gasteiger partial charge in [-0.2, -0.15) is 0 Å². The molecule has 1 unspecified atom stereocenters. The van der Waals surface area contributed by atoms with E-state index in [4.69, 9.17) is 23.2 Å². The standard InChI is InChI=1S/C19H22Cl2/c1-13(15-7-10-17(20)18(21)12-15)11-14-5-8-16(9-6-14)19(2,3)4/h5-10,12-13H,11H2,1-4H3. The van der Waals surface area contributed by atoms with E-state index in [0.717, 1.165) is 6.42 Å². The zero-order chi connectivity index (χ0) is 15.6. The molecule has 0 spiro atoms. The first-order chi connectivity index (χ1) is 9.77. The summed E-state index contributed by atoms with van der Waals surface area (Å²) >= 11 is 12.1. The molecule has 2 aromatic rings. The topological polar surface area (TPSA) is 0 Å². The van der Waals surface area contributed by atoms with Crippen LogP contribution in [-0.2, 0) is 11.8 Å². The third-order valence-corrected chi connectivity index (χ3v) is 4.61. The minimum absolute atomic E-state index is 0.202. The van der Waals surface area contributed by atoms with Gasteiger partial charge in [-0.25, -0.2) is 0 Å². The minimum Gasteiger partial charge on any atom is -0.0827 e. The lowest BCUT2D eigenvalue weighted by molar-refractivity contribution is 0.589. The fraction of sp³-hybridized carbons (Fsp3) is 0.368. The molecule has 0 aromatic heterocycles. The summed E-state index contributed by atoms with van der Waals surface area (Å²) < 4.78 is 0. The van der Waals surface area contributed by atoms with Crippen LogP contribution in [0.1, 0.15) is 50.3 Å². The Balaban J connectivity index is 2.12. The van der Waals surface area contributed by atoms with Crippen LogP contribution >= 0.6 is 23.2 Å². The van der Waals surface area contributed by atoms with E-state index >= 15 is 0 Å². The number of rotatable bonds is 3. The summed E-state index contributed by atoms with van der Waals surface area (Å²) in [7, 11) is 0. The molecule has 0 amide bonds. The van der Waals surface area contributed by atoms with E-state index < -0.39 is 0 Å². The van der Waals surface area contributed by atoms with E-state index in [9.17, 15) is 0 Å². The molecule has 2 rings (SSSR count). The van der Waals surface area contributed by atoms with Crippen molar-refractivity contribution in [1.29, 1.82) is 0 Å². The van der Waals surface area contributed by atoms with Gasteiger partial charge in [0.25, 0.3) is 0 Å². The van der Waals surface area contributed by atoms with E-state index in [1.807, 2.05) is 12.1 Å². The smallest absolute Gasteiger partial charge is 0.0595 e. The second-order valence-electron chi connectivity index (χ2n) is 6.73. The maximum absolute atomic E-state index is 6.10. The second-order valence-corrected chi connectivity index (χ2v) is 7.54. The van der Waals surface area contributed by atoms with Crippen LogP contribution in [0.4, 0.5) is 0 Å². The molecule has 0 aliphatic heterocycles. The zero-order valence-electron chi connectivity index (χ0n) is 13.1. The Labute approximate surface area is 138 Å². The maximum Gasteiger partial charge on any atom is 0.0595 e. The van der Waals surface area contributed by atoms with Crippen molar-refractivity contribution in [2.24, 2.45) is 0 Å².